The van der Waals surface area contributed by atoms with Gasteiger partial charge in [0.1, 0.15) is 5.75 Å². The minimum Gasteiger partial charge on any atom is -0.491 e. The van der Waals surface area contributed by atoms with E-state index in [2.05, 4.69) is 12.1 Å². The van der Waals surface area contributed by atoms with Crippen LogP contribution in [0.2, 0.25) is 0 Å². The predicted molar refractivity (Wildman–Crippen MR) is 75.1 cm³/mol. The number of benzene rings is 1. The van der Waals surface area contributed by atoms with Gasteiger partial charge in [0.05, 0.1) is 11.5 Å². The molecule has 0 radical (unpaired) electrons. The topological polar surface area (TPSA) is 9.23 Å². The zero-order valence-corrected chi connectivity index (χ0v) is 11.9. The average molecular weight is 265 g/mol. The van der Waals surface area contributed by atoms with Crippen molar-refractivity contribution in [3.05, 3.63) is 29.8 Å². The summed E-state index contributed by atoms with van der Waals surface area (Å²) >= 11 is 6.62. The molecule has 98 valence electrons. The Hall–Kier alpha value is -0.690. The largest absolute Gasteiger partial charge is 0.491 e. The van der Waals surface area contributed by atoms with E-state index in [0.29, 0.717) is 5.92 Å². The van der Waals surface area contributed by atoms with Crippen molar-refractivity contribution >= 4 is 11.6 Å². The third-order valence-corrected chi connectivity index (χ3v) is 4.87. The molecule has 2 aliphatic rings. The van der Waals surface area contributed by atoms with Crippen LogP contribution in [-0.4, -0.2) is 6.10 Å². The van der Waals surface area contributed by atoms with Crippen LogP contribution in [0.25, 0.3) is 0 Å². The van der Waals surface area contributed by atoms with Gasteiger partial charge in [-0.3, -0.25) is 0 Å². The maximum absolute atomic E-state index is 6.62. The number of hydrogen-bond acceptors (Lipinski definition) is 1. The molecule has 0 amide bonds. The van der Waals surface area contributed by atoms with Gasteiger partial charge in [0.15, 0.2) is 0 Å². The number of hydrogen-bond donors (Lipinski definition) is 0. The monoisotopic (exact) mass is 264 g/mol. The fourth-order valence-corrected chi connectivity index (χ4v) is 3.63. The van der Waals surface area contributed by atoms with Gasteiger partial charge in [0.2, 0.25) is 0 Å². The van der Waals surface area contributed by atoms with Gasteiger partial charge in [-0.2, -0.15) is 0 Å². The Kier molecular flexibility index (Phi) is 3.27. The summed E-state index contributed by atoms with van der Waals surface area (Å²) in [6, 6.07) is 8.33. The van der Waals surface area contributed by atoms with E-state index in [1.165, 1.54) is 24.8 Å². The van der Waals surface area contributed by atoms with Gasteiger partial charge in [-0.25, -0.2) is 0 Å². The highest BCUT2D eigenvalue weighted by molar-refractivity contribution is 6.21. The van der Waals surface area contributed by atoms with E-state index in [0.717, 1.165) is 17.6 Å². The molecule has 3 atom stereocenters. The molecular formula is C16H21ClO. The van der Waals surface area contributed by atoms with Gasteiger partial charge >= 0.3 is 0 Å². The van der Waals surface area contributed by atoms with Crippen LogP contribution in [0.4, 0.5) is 0 Å². The minimum absolute atomic E-state index is 0.186. The molecule has 2 saturated carbocycles. The molecule has 2 fully saturated rings. The Morgan fingerprint density at radius 2 is 1.67 bits per heavy atom. The molecule has 3 rings (SSSR count). The van der Waals surface area contributed by atoms with Gasteiger partial charge in [-0.15, -0.1) is 11.6 Å². The zero-order valence-electron chi connectivity index (χ0n) is 11.1. The summed E-state index contributed by atoms with van der Waals surface area (Å²) in [5.74, 6) is 3.62. The maximum Gasteiger partial charge on any atom is 0.119 e. The van der Waals surface area contributed by atoms with Crippen molar-refractivity contribution in [2.75, 3.05) is 0 Å². The number of halogens is 1. The predicted octanol–water partition coefficient (Wildman–Crippen LogP) is 4.80. The third-order valence-electron chi connectivity index (χ3n) is 4.26. The lowest BCUT2D eigenvalue weighted by molar-refractivity contribution is 0.242. The molecule has 0 spiro atoms. The molecule has 1 nitrogen and oxygen atoms in total. The van der Waals surface area contributed by atoms with Crippen LogP contribution in [0.5, 0.6) is 5.75 Å². The van der Waals surface area contributed by atoms with E-state index in [1.54, 1.807) is 0 Å². The fourth-order valence-electron chi connectivity index (χ4n) is 3.28. The van der Waals surface area contributed by atoms with Crippen LogP contribution >= 0.6 is 11.6 Å². The Bertz CT molecular complexity index is 402. The van der Waals surface area contributed by atoms with Crippen molar-refractivity contribution < 1.29 is 4.74 Å². The van der Waals surface area contributed by atoms with Crippen LogP contribution in [0.15, 0.2) is 24.3 Å². The summed E-state index contributed by atoms with van der Waals surface area (Å²) in [6.45, 7) is 4.09. The highest BCUT2D eigenvalue weighted by atomic mass is 35.5. The smallest absolute Gasteiger partial charge is 0.119 e. The van der Waals surface area contributed by atoms with Crippen molar-refractivity contribution in [3.8, 4) is 5.75 Å². The molecule has 1 aromatic carbocycles. The van der Waals surface area contributed by atoms with Crippen LogP contribution in [0.1, 0.15) is 44.1 Å². The second kappa shape index (κ2) is 4.77. The standard InChI is InChI=1S/C16H21ClO/c1-10(2)18-15-5-3-11(4-6-15)16(17)14-8-12-7-13(12)9-14/h3-6,10,12-14,16H,7-9H2,1-2H3. The fraction of sp³-hybridized carbons (Fsp3) is 0.625. The van der Waals surface area contributed by atoms with Crippen molar-refractivity contribution in [2.45, 2.75) is 44.6 Å². The summed E-state index contributed by atoms with van der Waals surface area (Å²) in [4.78, 5) is 0. The van der Waals surface area contributed by atoms with Crippen molar-refractivity contribution in [1.82, 2.24) is 0 Å². The van der Waals surface area contributed by atoms with E-state index in [-0.39, 0.29) is 11.5 Å². The van der Waals surface area contributed by atoms with Crippen LogP contribution < -0.4 is 4.74 Å². The molecule has 1 aromatic rings. The van der Waals surface area contributed by atoms with E-state index in [9.17, 15) is 0 Å². The van der Waals surface area contributed by atoms with Crippen LogP contribution in [-0.2, 0) is 0 Å². The lowest BCUT2D eigenvalue weighted by atomic mass is 9.94. The molecule has 0 saturated heterocycles. The molecule has 0 aromatic heterocycles. The second-order valence-electron chi connectivity index (χ2n) is 6.12. The first kappa shape index (κ1) is 12.3. The Morgan fingerprint density at radius 3 is 2.22 bits per heavy atom. The highest BCUT2D eigenvalue weighted by Gasteiger charge is 2.47. The maximum atomic E-state index is 6.62. The number of rotatable bonds is 4. The molecule has 0 bridgehead atoms. The zero-order chi connectivity index (χ0) is 12.7. The minimum atomic E-state index is 0.186. The molecular weight excluding hydrogens is 244 g/mol. The first-order chi connectivity index (χ1) is 8.63. The SMILES string of the molecule is CC(C)Oc1ccc(C(Cl)C2CC3CC3C2)cc1. The summed E-state index contributed by atoms with van der Waals surface area (Å²) in [7, 11) is 0. The van der Waals surface area contributed by atoms with E-state index >= 15 is 0 Å². The third kappa shape index (κ3) is 2.51. The second-order valence-corrected chi connectivity index (χ2v) is 6.59. The molecule has 3 unspecified atom stereocenters. The van der Waals surface area contributed by atoms with Gasteiger partial charge in [0, 0.05) is 0 Å². The van der Waals surface area contributed by atoms with E-state index < -0.39 is 0 Å². The Morgan fingerprint density at radius 1 is 1.06 bits per heavy atom. The summed E-state index contributed by atoms with van der Waals surface area (Å²) < 4.78 is 5.66. The molecule has 2 heteroatoms. The van der Waals surface area contributed by atoms with Crippen LogP contribution in [0.3, 0.4) is 0 Å². The molecule has 18 heavy (non-hydrogen) atoms. The lowest BCUT2D eigenvalue weighted by Crippen LogP contribution is -2.07. The van der Waals surface area contributed by atoms with E-state index in [4.69, 9.17) is 16.3 Å². The van der Waals surface area contributed by atoms with Crippen LogP contribution in [0, 0.1) is 17.8 Å². The van der Waals surface area contributed by atoms with Gasteiger partial charge in [0.25, 0.3) is 0 Å². The quantitative estimate of drug-likeness (QED) is 0.710. The first-order valence-electron chi connectivity index (χ1n) is 7.04. The molecule has 0 heterocycles. The molecule has 2 aliphatic carbocycles. The Balaban J connectivity index is 1.64. The number of alkyl halides is 1. The lowest BCUT2D eigenvalue weighted by Gasteiger charge is -2.19. The summed E-state index contributed by atoms with van der Waals surface area (Å²) in [5, 5.41) is 0.186. The van der Waals surface area contributed by atoms with Gasteiger partial charge in [-0.1, -0.05) is 12.1 Å². The van der Waals surface area contributed by atoms with E-state index in [1.807, 2.05) is 26.0 Å². The molecule has 0 N–H and O–H groups in total. The van der Waals surface area contributed by atoms with Crippen molar-refractivity contribution in [3.63, 3.8) is 0 Å². The summed E-state index contributed by atoms with van der Waals surface area (Å²) in [6.07, 6.45) is 4.36. The highest BCUT2D eigenvalue weighted by Crippen LogP contribution is 2.58. The van der Waals surface area contributed by atoms with Crippen molar-refractivity contribution in [2.24, 2.45) is 17.8 Å². The number of ether oxygens (including phenoxy) is 1. The normalized spacial score (nSPS) is 31.2. The van der Waals surface area contributed by atoms with Crippen molar-refractivity contribution in [1.29, 1.82) is 0 Å². The Labute approximate surface area is 114 Å². The first-order valence-corrected chi connectivity index (χ1v) is 7.48. The number of fused-ring (bicyclic) bond motifs is 1. The summed E-state index contributed by atoms with van der Waals surface area (Å²) in [5.41, 5.74) is 1.25. The molecule has 0 aliphatic heterocycles. The van der Waals surface area contributed by atoms with Gasteiger partial charge < -0.3 is 4.74 Å². The van der Waals surface area contributed by atoms with Gasteiger partial charge in [-0.05, 0) is 68.6 Å². The average Bonchev–Trinajstić information content (AvgIpc) is 2.95.